The van der Waals surface area contributed by atoms with Crippen LogP contribution in [-0.4, -0.2) is 43.5 Å². The summed E-state index contributed by atoms with van der Waals surface area (Å²) >= 11 is 7.17. The number of amides is 1. The molecule has 0 spiro atoms. The fourth-order valence-corrected chi connectivity index (χ4v) is 3.40. The number of nitrogens with zero attached hydrogens (tertiary/aromatic N) is 4. The molecule has 2 rings (SSSR count). The third-order valence-corrected chi connectivity index (χ3v) is 4.67. The number of benzene rings is 1. The minimum absolute atomic E-state index is 0.0565. The molecule has 2 aromatic rings. The second-order valence-electron chi connectivity index (χ2n) is 5.96. The number of carbonyl (C=O) groups is 1. The van der Waals surface area contributed by atoms with Crippen molar-refractivity contribution in [1.29, 1.82) is 0 Å². The number of halogens is 1. The summed E-state index contributed by atoms with van der Waals surface area (Å²) in [4.78, 5) is 14.3. The second-order valence-corrected chi connectivity index (χ2v) is 7.34. The Kier molecular flexibility index (Phi) is 6.12. The van der Waals surface area contributed by atoms with Gasteiger partial charge in [-0.25, -0.2) is 4.68 Å². The molecule has 0 aliphatic rings. The number of hydrogen-bond donors (Lipinski definition) is 1. The van der Waals surface area contributed by atoms with Crippen LogP contribution in [0.2, 0.25) is 5.02 Å². The smallest absolute Gasteiger partial charge is 0.233 e. The first kappa shape index (κ1) is 18.6. The number of nitrogen functional groups attached to an aromatic ring is 1. The molecule has 0 bridgehead atoms. The number of rotatable bonds is 6. The average molecular weight is 368 g/mol. The second kappa shape index (κ2) is 7.90. The molecular formula is C16H22ClN5OS. The molecule has 6 nitrogen and oxygen atoms in total. The standard InChI is InChI=1S/C16H22ClN5OS/c1-10(2)21(11(3)4)14(23)9-24-16-20-19-15(22(16)18)12-5-7-13(17)8-6-12/h5-8,10-11H,9,18H2,1-4H3. The highest BCUT2D eigenvalue weighted by molar-refractivity contribution is 7.99. The van der Waals surface area contributed by atoms with Crippen molar-refractivity contribution in [2.45, 2.75) is 44.9 Å². The van der Waals surface area contributed by atoms with Crippen LogP contribution in [0.3, 0.4) is 0 Å². The number of thioether (sulfide) groups is 1. The molecule has 8 heteroatoms. The van der Waals surface area contributed by atoms with Crippen molar-refractivity contribution in [1.82, 2.24) is 19.8 Å². The zero-order valence-electron chi connectivity index (χ0n) is 14.2. The van der Waals surface area contributed by atoms with Crippen molar-refractivity contribution in [2.75, 3.05) is 11.6 Å². The fraction of sp³-hybridized carbons (Fsp3) is 0.438. The van der Waals surface area contributed by atoms with Gasteiger partial charge in [0, 0.05) is 22.7 Å². The SMILES string of the molecule is CC(C)N(C(=O)CSc1nnc(-c2ccc(Cl)cc2)n1N)C(C)C. The summed E-state index contributed by atoms with van der Waals surface area (Å²) in [7, 11) is 0. The van der Waals surface area contributed by atoms with Crippen LogP contribution in [0.1, 0.15) is 27.7 Å². The molecular weight excluding hydrogens is 346 g/mol. The van der Waals surface area contributed by atoms with E-state index in [0.29, 0.717) is 16.0 Å². The molecule has 0 unspecified atom stereocenters. The summed E-state index contributed by atoms with van der Waals surface area (Å²) in [6.07, 6.45) is 0. The maximum atomic E-state index is 12.4. The summed E-state index contributed by atoms with van der Waals surface area (Å²) in [5.74, 6) is 6.93. The van der Waals surface area contributed by atoms with E-state index in [1.54, 1.807) is 12.1 Å². The van der Waals surface area contributed by atoms with Gasteiger partial charge in [0.2, 0.25) is 11.1 Å². The van der Waals surface area contributed by atoms with E-state index in [9.17, 15) is 4.79 Å². The molecule has 130 valence electrons. The number of aromatic nitrogens is 3. The summed E-state index contributed by atoms with van der Waals surface area (Å²) < 4.78 is 1.40. The lowest BCUT2D eigenvalue weighted by Gasteiger charge is -2.30. The lowest BCUT2D eigenvalue weighted by atomic mass is 10.2. The molecule has 1 amide bonds. The van der Waals surface area contributed by atoms with E-state index in [-0.39, 0.29) is 23.7 Å². The first-order valence-electron chi connectivity index (χ1n) is 7.71. The fourth-order valence-electron chi connectivity index (χ4n) is 2.54. The van der Waals surface area contributed by atoms with Gasteiger partial charge < -0.3 is 10.7 Å². The molecule has 0 radical (unpaired) electrons. The van der Waals surface area contributed by atoms with Crippen molar-refractivity contribution in [2.24, 2.45) is 0 Å². The highest BCUT2D eigenvalue weighted by Crippen LogP contribution is 2.23. The Balaban J connectivity index is 2.09. The highest BCUT2D eigenvalue weighted by Gasteiger charge is 2.21. The minimum atomic E-state index is 0.0565. The summed E-state index contributed by atoms with van der Waals surface area (Å²) in [5, 5.41) is 9.33. The monoisotopic (exact) mass is 367 g/mol. The number of nitrogens with two attached hydrogens (primary N) is 1. The lowest BCUT2D eigenvalue weighted by molar-refractivity contribution is -0.131. The Morgan fingerprint density at radius 1 is 1.21 bits per heavy atom. The third-order valence-electron chi connectivity index (χ3n) is 3.49. The van der Waals surface area contributed by atoms with Crippen LogP contribution >= 0.6 is 23.4 Å². The van der Waals surface area contributed by atoms with Gasteiger partial charge >= 0.3 is 0 Å². The Morgan fingerprint density at radius 3 is 2.33 bits per heavy atom. The first-order chi connectivity index (χ1) is 11.3. The Hall–Kier alpha value is -1.73. The predicted molar refractivity (Wildman–Crippen MR) is 98.5 cm³/mol. The highest BCUT2D eigenvalue weighted by atomic mass is 35.5. The van der Waals surface area contributed by atoms with Crippen LogP contribution < -0.4 is 5.84 Å². The van der Waals surface area contributed by atoms with Crippen molar-refractivity contribution in [3.05, 3.63) is 29.3 Å². The van der Waals surface area contributed by atoms with E-state index in [1.807, 2.05) is 44.7 Å². The zero-order chi connectivity index (χ0) is 17.9. The molecule has 2 N–H and O–H groups in total. The van der Waals surface area contributed by atoms with Gasteiger partial charge in [-0.15, -0.1) is 10.2 Å². The van der Waals surface area contributed by atoms with Gasteiger partial charge in [0.25, 0.3) is 0 Å². The van der Waals surface area contributed by atoms with Gasteiger partial charge in [-0.1, -0.05) is 23.4 Å². The molecule has 0 saturated carbocycles. The van der Waals surface area contributed by atoms with Gasteiger partial charge in [-0.2, -0.15) is 0 Å². The van der Waals surface area contributed by atoms with Crippen LogP contribution in [0.25, 0.3) is 11.4 Å². The normalized spacial score (nSPS) is 11.3. The largest absolute Gasteiger partial charge is 0.337 e. The van der Waals surface area contributed by atoms with Gasteiger partial charge in [-0.3, -0.25) is 4.79 Å². The molecule has 0 aliphatic heterocycles. The van der Waals surface area contributed by atoms with Crippen molar-refractivity contribution in [3.8, 4) is 11.4 Å². The number of hydrogen-bond acceptors (Lipinski definition) is 5. The van der Waals surface area contributed by atoms with E-state index >= 15 is 0 Å². The van der Waals surface area contributed by atoms with Crippen LogP contribution in [0.4, 0.5) is 0 Å². The van der Waals surface area contributed by atoms with Crippen molar-refractivity contribution >= 4 is 29.3 Å². The van der Waals surface area contributed by atoms with E-state index in [2.05, 4.69) is 10.2 Å². The molecule has 0 aliphatic carbocycles. The summed E-state index contributed by atoms with van der Waals surface area (Å²) in [6.45, 7) is 8.03. The van der Waals surface area contributed by atoms with Gasteiger partial charge in [0.05, 0.1) is 5.75 Å². The molecule has 24 heavy (non-hydrogen) atoms. The quantitative estimate of drug-likeness (QED) is 0.627. The maximum Gasteiger partial charge on any atom is 0.233 e. The number of carbonyl (C=O) groups excluding carboxylic acids is 1. The van der Waals surface area contributed by atoms with Gasteiger partial charge in [0.15, 0.2) is 5.82 Å². The molecule has 1 aromatic carbocycles. The van der Waals surface area contributed by atoms with Crippen LogP contribution in [0.5, 0.6) is 0 Å². The zero-order valence-corrected chi connectivity index (χ0v) is 15.8. The maximum absolute atomic E-state index is 12.4. The van der Waals surface area contributed by atoms with Gasteiger partial charge in [0.1, 0.15) is 0 Å². The van der Waals surface area contributed by atoms with Crippen LogP contribution in [0.15, 0.2) is 29.4 Å². The van der Waals surface area contributed by atoms with E-state index in [0.717, 1.165) is 5.56 Å². The topological polar surface area (TPSA) is 77.0 Å². The van der Waals surface area contributed by atoms with Crippen molar-refractivity contribution < 1.29 is 4.79 Å². The minimum Gasteiger partial charge on any atom is -0.337 e. The molecule has 1 aromatic heterocycles. The Morgan fingerprint density at radius 2 is 1.79 bits per heavy atom. The van der Waals surface area contributed by atoms with E-state index in [1.165, 1.54) is 16.4 Å². The van der Waals surface area contributed by atoms with Crippen LogP contribution in [-0.2, 0) is 4.79 Å². The molecule has 1 heterocycles. The summed E-state index contributed by atoms with van der Waals surface area (Å²) in [5.41, 5.74) is 0.818. The Bertz CT molecular complexity index is 691. The third kappa shape index (κ3) is 4.21. The average Bonchev–Trinajstić information content (AvgIpc) is 2.86. The van der Waals surface area contributed by atoms with Crippen molar-refractivity contribution in [3.63, 3.8) is 0 Å². The molecule has 0 saturated heterocycles. The van der Waals surface area contributed by atoms with Crippen LogP contribution in [0, 0.1) is 0 Å². The first-order valence-corrected chi connectivity index (χ1v) is 9.08. The predicted octanol–water partition coefficient (Wildman–Crippen LogP) is 3.05. The lowest BCUT2D eigenvalue weighted by Crippen LogP contribution is -2.43. The van der Waals surface area contributed by atoms with Gasteiger partial charge in [-0.05, 0) is 52.0 Å². The van der Waals surface area contributed by atoms with E-state index < -0.39 is 0 Å². The summed E-state index contributed by atoms with van der Waals surface area (Å²) in [6, 6.07) is 7.50. The molecule has 0 fully saturated rings. The Labute approximate surface area is 151 Å². The van der Waals surface area contributed by atoms with E-state index in [4.69, 9.17) is 17.4 Å². The molecule has 0 atom stereocenters.